The lowest BCUT2D eigenvalue weighted by molar-refractivity contribution is 0.477. The van der Waals surface area contributed by atoms with Gasteiger partial charge in [-0.15, -0.1) is 0 Å². The van der Waals surface area contributed by atoms with Gasteiger partial charge >= 0.3 is 0 Å². The molecule has 2 aromatic rings. The second-order valence-electron chi connectivity index (χ2n) is 4.35. The van der Waals surface area contributed by atoms with Gasteiger partial charge in [0.1, 0.15) is 5.75 Å². The quantitative estimate of drug-likeness (QED) is 0.812. The first kappa shape index (κ1) is 11.0. The predicted octanol–water partition coefficient (Wildman–Crippen LogP) is 4.20. The van der Waals surface area contributed by atoms with E-state index in [1.54, 1.807) is 0 Å². The minimum absolute atomic E-state index is 0.427. The highest BCUT2D eigenvalue weighted by molar-refractivity contribution is 5.92. The van der Waals surface area contributed by atoms with E-state index in [0.717, 1.165) is 17.4 Å². The van der Waals surface area contributed by atoms with Gasteiger partial charge in [0.15, 0.2) is 0 Å². The van der Waals surface area contributed by atoms with Gasteiger partial charge in [-0.05, 0) is 36.3 Å². The molecule has 0 aliphatic rings. The van der Waals surface area contributed by atoms with Gasteiger partial charge in [-0.2, -0.15) is 0 Å². The Bertz CT molecular complexity index is 500. The van der Waals surface area contributed by atoms with E-state index in [2.05, 4.69) is 19.1 Å². The summed E-state index contributed by atoms with van der Waals surface area (Å²) in [5, 5.41) is 12.2. The fourth-order valence-electron chi connectivity index (χ4n) is 2.16. The molecule has 16 heavy (non-hydrogen) atoms. The molecule has 0 bridgehead atoms. The fourth-order valence-corrected chi connectivity index (χ4v) is 2.16. The number of aryl methyl sites for hydroxylation is 2. The topological polar surface area (TPSA) is 20.2 Å². The molecule has 0 aliphatic heterocycles. The Kier molecular flexibility index (Phi) is 3.14. The number of phenolic OH excluding ortho intramolecular Hbond substituents is 1. The minimum atomic E-state index is 0.427. The molecule has 0 aromatic heterocycles. The van der Waals surface area contributed by atoms with E-state index in [1.165, 1.54) is 23.8 Å². The Morgan fingerprint density at radius 2 is 1.81 bits per heavy atom. The lowest BCUT2D eigenvalue weighted by Crippen LogP contribution is -1.90. The van der Waals surface area contributed by atoms with Crippen LogP contribution in [0.25, 0.3) is 10.8 Å². The number of rotatable bonds is 3. The van der Waals surface area contributed by atoms with Crippen LogP contribution in [0.3, 0.4) is 0 Å². The second kappa shape index (κ2) is 4.56. The van der Waals surface area contributed by atoms with Crippen molar-refractivity contribution in [2.24, 2.45) is 0 Å². The summed E-state index contributed by atoms with van der Waals surface area (Å²) in [6.45, 7) is 4.17. The zero-order chi connectivity index (χ0) is 11.5. The van der Waals surface area contributed by atoms with Crippen molar-refractivity contribution in [1.29, 1.82) is 0 Å². The number of hydrogen-bond donors (Lipinski definition) is 1. The molecule has 0 heterocycles. The highest BCUT2D eigenvalue weighted by atomic mass is 16.3. The molecular formula is C15H18O. The predicted molar refractivity (Wildman–Crippen MR) is 69.0 cm³/mol. The van der Waals surface area contributed by atoms with Crippen molar-refractivity contribution in [2.45, 2.75) is 33.1 Å². The van der Waals surface area contributed by atoms with Crippen LogP contribution < -0.4 is 0 Å². The molecule has 1 heteroatoms. The van der Waals surface area contributed by atoms with E-state index in [0.29, 0.717) is 5.75 Å². The lowest BCUT2D eigenvalue weighted by atomic mass is 9.97. The van der Waals surface area contributed by atoms with E-state index in [4.69, 9.17) is 0 Å². The van der Waals surface area contributed by atoms with Crippen molar-refractivity contribution in [3.63, 3.8) is 0 Å². The summed E-state index contributed by atoms with van der Waals surface area (Å²) in [6, 6.07) is 10.2. The van der Waals surface area contributed by atoms with E-state index in [9.17, 15) is 5.11 Å². The third kappa shape index (κ3) is 1.90. The molecule has 0 atom stereocenters. The molecule has 0 saturated carbocycles. The van der Waals surface area contributed by atoms with Gasteiger partial charge in [-0.1, -0.05) is 43.7 Å². The minimum Gasteiger partial charge on any atom is -0.507 e. The SMILES string of the molecule is CCCCc1cc(C)c(O)c2ccccc12. The Hall–Kier alpha value is -1.50. The van der Waals surface area contributed by atoms with Crippen LogP contribution in [0, 0.1) is 6.92 Å². The summed E-state index contributed by atoms with van der Waals surface area (Å²) in [4.78, 5) is 0. The van der Waals surface area contributed by atoms with Gasteiger partial charge < -0.3 is 5.11 Å². The maximum atomic E-state index is 10.0. The highest BCUT2D eigenvalue weighted by Gasteiger charge is 2.07. The molecule has 0 unspecified atom stereocenters. The first-order valence-corrected chi connectivity index (χ1v) is 5.94. The zero-order valence-corrected chi connectivity index (χ0v) is 9.96. The van der Waals surface area contributed by atoms with Gasteiger partial charge in [-0.3, -0.25) is 0 Å². The van der Waals surface area contributed by atoms with Crippen LogP contribution in [0.5, 0.6) is 5.75 Å². The third-order valence-electron chi connectivity index (χ3n) is 3.09. The Balaban J connectivity index is 2.60. The molecule has 0 saturated heterocycles. The number of phenols is 1. The van der Waals surface area contributed by atoms with Gasteiger partial charge in [-0.25, -0.2) is 0 Å². The lowest BCUT2D eigenvalue weighted by Gasteiger charge is -2.10. The van der Waals surface area contributed by atoms with Crippen LogP contribution in [0.4, 0.5) is 0 Å². The molecule has 0 radical (unpaired) electrons. The largest absolute Gasteiger partial charge is 0.507 e. The van der Waals surface area contributed by atoms with E-state index < -0.39 is 0 Å². The molecule has 2 aromatic carbocycles. The van der Waals surface area contributed by atoms with Crippen LogP contribution in [-0.2, 0) is 6.42 Å². The van der Waals surface area contributed by atoms with Crippen LogP contribution in [0.15, 0.2) is 30.3 Å². The Labute approximate surface area is 96.7 Å². The van der Waals surface area contributed by atoms with E-state index >= 15 is 0 Å². The van der Waals surface area contributed by atoms with Crippen molar-refractivity contribution in [1.82, 2.24) is 0 Å². The average Bonchev–Trinajstić information content (AvgIpc) is 2.32. The number of fused-ring (bicyclic) bond motifs is 1. The average molecular weight is 214 g/mol. The smallest absolute Gasteiger partial charge is 0.126 e. The van der Waals surface area contributed by atoms with Crippen LogP contribution in [0.1, 0.15) is 30.9 Å². The van der Waals surface area contributed by atoms with Gasteiger partial charge in [0.05, 0.1) is 0 Å². The summed E-state index contributed by atoms with van der Waals surface area (Å²) < 4.78 is 0. The summed E-state index contributed by atoms with van der Waals surface area (Å²) in [6.07, 6.45) is 3.50. The molecule has 1 N–H and O–H groups in total. The van der Waals surface area contributed by atoms with Crippen LogP contribution in [0.2, 0.25) is 0 Å². The molecular weight excluding hydrogens is 196 g/mol. The molecule has 0 amide bonds. The van der Waals surface area contributed by atoms with Crippen LogP contribution >= 0.6 is 0 Å². The standard InChI is InChI=1S/C15H18O/c1-3-4-7-12-10-11(2)15(16)14-9-6-5-8-13(12)14/h5-6,8-10,16H,3-4,7H2,1-2H3. The van der Waals surface area contributed by atoms with Gasteiger partial charge in [0.2, 0.25) is 0 Å². The first-order chi connectivity index (χ1) is 7.74. The molecule has 0 spiro atoms. The van der Waals surface area contributed by atoms with Crippen molar-refractivity contribution in [3.8, 4) is 5.75 Å². The number of unbranched alkanes of at least 4 members (excludes halogenated alkanes) is 1. The van der Waals surface area contributed by atoms with Gasteiger partial charge in [0.25, 0.3) is 0 Å². The van der Waals surface area contributed by atoms with Crippen molar-refractivity contribution >= 4 is 10.8 Å². The van der Waals surface area contributed by atoms with E-state index in [-0.39, 0.29) is 0 Å². The Morgan fingerprint density at radius 1 is 1.12 bits per heavy atom. The Morgan fingerprint density at radius 3 is 2.50 bits per heavy atom. The zero-order valence-electron chi connectivity index (χ0n) is 9.96. The van der Waals surface area contributed by atoms with Crippen molar-refractivity contribution in [2.75, 3.05) is 0 Å². The third-order valence-corrected chi connectivity index (χ3v) is 3.09. The second-order valence-corrected chi connectivity index (χ2v) is 4.35. The normalized spacial score (nSPS) is 10.9. The maximum Gasteiger partial charge on any atom is 0.126 e. The van der Waals surface area contributed by atoms with E-state index in [1.807, 2.05) is 25.1 Å². The number of hydrogen-bond acceptors (Lipinski definition) is 1. The molecule has 0 aliphatic carbocycles. The number of benzene rings is 2. The summed E-state index contributed by atoms with van der Waals surface area (Å²) in [5.41, 5.74) is 2.33. The molecule has 84 valence electrons. The molecule has 0 fully saturated rings. The van der Waals surface area contributed by atoms with Gasteiger partial charge in [0, 0.05) is 5.39 Å². The summed E-state index contributed by atoms with van der Waals surface area (Å²) in [7, 11) is 0. The van der Waals surface area contributed by atoms with Crippen molar-refractivity contribution < 1.29 is 5.11 Å². The maximum absolute atomic E-state index is 10.0. The summed E-state index contributed by atoms with van der Waals surface area (Å²) in [5.74, 6) is 0.427. The van der Waals surface area contributed by atoms with Crippen molar-refractivity contribution in [3.05, 3.63) is 41.5 Å². The fraction of sp³-hybridized carbons (Fsp3) is 0.333. The first-order valence-electron chi connectivity index (χ1n) is 5.94. The molecule has 2 rings (SSSR count). The monoisotopic (exact) mass is 214 g/mol. The van der Waals surface area contributed by atoms with Crippen LogP contribution in [-0.4, -0.2) is 5.11 Å². The summed E-state index contributed by atoms with van der Waals surface area (Å²) >= 11 is 0. The highest BCUT2D eigenvalue weighted by Crippen LogP contribution is 2.31. The number of aromatic hydroxyl groups is 1. The molecule has 1 nitrogen and oxygen atoms in total.